The predicted molar refractivity (Wildman–Crippen MR) is 132 cm³/mol. The number of halogens is 8. The Kier molecular flexibility index (Phi) is 7.81. The minimum absolute atomic E-state index is 0.200. The fourth-order valence-corrected chi connectivity index (χ4v) is 5.00. The zero-order chi connectivity index (χ0) is 31.2. The molecule has 0 aliphatic carbocycles. The van der Waals surface area contributed by atoms with Gasteiger partial charge in [-0.1, -0.05) is 13.0 Å². The first-order valence-electron chi connectivity index (χ1n) is 11.7. The van der Waals surface area contributed by atoms with Crippen molar-refractivity contribution in [3.63, 3.8) is 0 Å². The summed E-state index contributed by atoms with van der Waals surface area (Å²) in [5.74, 6) is -3.17. The Balaban J connectivity index is 1.97. The van der Waals surface area contributed by atoms with Crippen LogP contribution in [0.2, 0.25) is 0 Å². The van der Waals surface area contributed by atoms with Gasteiger partial charge in [-0.2, -0.15) is 31.6 Å². The van der Waals surface area contributed by atoms with Crippen LogP contribution in [0.5, 0.6) is 0 Å². The Morgan fingerprint density at radius 2 is 1.62 bits per heavy atom. The number of alkyl halides is 6. The van der Waals surface area contributed by atoms with E-state index < -0.39 is 84.7 Å². The Hall–Kier alpha value is -4.45. The van der Waals surface area contributed by atoms with Gasteiger partial charge in [0.2, 0.25) is 0 Å². The first-order valence-corrected chi connectivity index (χ1v) is 13.3. The summed E-state index contributed by atoms with van der Waals surface area (Å²) < 4.78 is 141. The van der Waals surface area contributed by atoms with E-state index in [-0.39, 0.29) is 16.7 Å². The first-order chi connectivity index (χ1) is 19.5. The van der Waals surface area contributed by atoms with Crippen molar-refractivity contribution in [1.82, 2.24) is 4.57 Å². The van der Waals surface area contributed by atoms with Crippen LogP contribution in [-0.2, 0) is 28.7 Å². The lowest BCUT2D eigenvalue weighted by Crippen LogP contribution is -2.29. The van der Waals surface area contributed by atoms with Crippen molar-refractivity contribution in [3.05, 3.63) is 99.0 Å². The number of nitriles is 1. The van der Waals surface area contributed by atoms with Gasteiger partial charge >= 0.3 is 12.4 Å². The maximum absolute atomic E-state index is 14.4. The van der Waals surface area contributed by atoms with E-state index in [1.54, 1.807) is 0 Å². The molecule has 42 heavy (non-hydrogen) atoms. The molecule has 2 aromatic carbocycles. The number of hydrogen-bond acceptors (Lipinski definition) is 5. The average molecular weight is 616 g/mol. The van der Waals surface area contributed by atoms with Crippen molar-refractivity contribution in [3.8, 4) is 28.7 Å². The Bertz CT molecular complexity index is 1900. The highest BCUT2D eigenvalue weighted by Gasteiger charge is 2.37. The van der Waals surface area contributed by atoms with Gasteiger partial charge < -0.3 is 4.42 Å². The minimum Gasteiger partial charge on any atom is -0.462 e. The van der Waals surface area contributed by atoms with E-state index in [4.69, 9.17) is 4.42 Å². The minimum atomic E-state index is -5.21. The van der Waals surface area contributed by atoms with Crippen LogP contribution in [0.4, 0.5) is 35.1 Å². The van der Waals surface area contributed by atoms with Crippen molar-refractivity contribution >= 4 is 9.84 Å². The summed E-state index contributed by atoms with van der Waals surface area (Å²) >= 11 is 0. The third-order valence-electron chi connectivity index (χ3n) is 6.22. The van der Waals surface area contributed by atoms with Crippen LogP contribution in [0.1, 0.15) is 29.2 Å². The van der Waals surface area contributed by atoms with Crippen LogP contribution in [0, 0.1) is 23.0 Å². The molecule has 0 fully saturated rings. The number of benzene rings is 2. The van der Waals surface area contributed by atoms with E-state index in [9.17, 15) is 53.6 Å². The van der Waals surface area contributed by atoms with Crippen LogP contribution in [0.25, 0.3) is 22.6 Å². The zero-order valence-corrected chi connectivity index (χ0v) is 21.9. The summed E-state index contributed by atoms with van der Waals surface area (Å²) in [5, 5.41) is 9.31. The van der Waals surface area contributed by atoms with E-state index in [0.717, 1.165) is 30.5 Å². The average Bonchev–Trinajstić information content (AvgIpc) is 3.39. The lowest BCUT2D eigenvalue weighted by atomic mass is 10.0. The van der Waals surface area contributed by atoms with E-state index in [2.05, 4.69) is 0 Å². The molecule has 2 heterocycles. The topological polar surface area (TPSA) is 93.1 Å². The lowest BCUT2D eigenvalue weighted by molar-refractivity contribution is -0.138. The summed E-state index contributed by atoms with van der Waals surface area (Å²) in [5.41, 5.74) is -7.32. The molecule has 2 aromatic heterocycles. The van der Waals surface area contributed by atoms with E-state index in [0.29, 0.717) is 28.8 Å². The summed E-state index contributed by atoms with van der Waals surface area (Å²) in [7, 11) is -4.13. The number of hydrogen-bond donors (Lipinski definition) is 0. The standard InChI is InChI=1S/C27H16F8N2O4S/c1-2-42(39,40)19-6-15(5-17(8-19)26(30,31)32)16-7-24(41-13-16)23-10-21(27(33,34)35)20(11-36)25(38)37(23)12-14-3-4-18(28)9-22(14)29/h3-10,13H,2,12H2,1H3. The maximum atomic E-state index is 14.4. The van der Waals surface area contributed by atoms with Crippen LogP contribution in [0.3, 0.4) is 0 Å². The van der Waals surface area contributed by atoms with Gasteiger partial charge in [-0.05, 0) is 42.0 Å². The van der Waals surface area contributed by atoms with Gasteiger partial charge in [0.1, 0.15) is 23.3 Å². The molecular weight excluding hydrogens is 600 g/mol. The van der Waals surface area contributed by atoms with Gasteiger partial charge in [0.25, 0.3) is 5.56 Å². The van der Waals surface area contributed by atoms with Gasteiger partial charge in [0.15, 0.2) is 15.6 Å². The highest BCUT2D eigenvalue weighted by molar-refractivity contribution is 7.91. The molecular formula is C27H16F8N2O4S. The monoisotopic (exact) mass is 616 g/mol. The molecule has 0 unspecified atom stereocenters. The van der Waals surface area contributed by atoms with Crippen molar-refractivity contribution in [2.45, 2.75) is 30.7 Å². The summed E-state index contributed by atoms with van der Waals surface area (Å²) in [6.45, 7) is 0.434. The smallest absolute Gasteiger partial charge is 0.417 e. The number of sulfone groups is 1. The number of furan rings is 1. The highest BCUT2D eigenvalue weighted by Crippen LogP contribution is 2.38. The second-order valence-corrected chi connectivity index (χ2v) is 11.2. The molecule has 4 rings (SSSR count). The molecule has 0 atom stereocenters. The quantitative estimate of drug-likeness (QED) is 0.222. The SMILES string of the molecule is CCS(=O)(=O)c1cc(-c2coc(-c3cc(C(F)(F)F)c(C#N)c(=O)n3Cc3ccc(F)cc3F)c2)cc(C(F)(F)F)c1. The lowest BCUT2D eigenvalue weighted by Gasteiger charge is -2.16. The Labute approximate surface area is 232 Å². The highest BCUT2D eigenvalue weighted by atomic mass is 32.2. The van der Waals surface area contributed by atoms with Gasteiger partial charge in [0, 0.05) is 17.2 Å². The van der Waals surface area contributed by atoms with Gasteiger partial charge in [-0.3, -0.25) is 9.36 Å². The molecule has 0 aliphatic rings. The van der Waals surface area contributed by atoms with Crippen LogP contribution in [0.15, 0.2) is 68.9 Å². The second kappa shape index (κ2) is 10.8. The third-order valence-corrected chi connectivity index (χ3v) is 7.93. The van der Waals surface area contributed by atoms with Crippen LogP contribution >= 0.6 is 0 Å². The first kappa shape index (κ1) is 30.5. The number of nitrogens with zero attached hydrogens (tertiary/aromatic N) is 2. The molecule has 0 amide bonds. The van der Waals surface area contributed by atoms with Gasteiger partial charge in [-0.25, -0.2) is 17.2 Å². The Morgan fingerprint density at radius 3 is 2.19 bits per heavy atom. The largest absolute Gasteiger partial charge is 0.462 e. The molecule has 0 N–H and O–H groups in total. The molecule has 0 aliphatic heterocycles. The summed E-state index contributed by atoms with van der Waals surface area (Å²) in [4.78, 5) is 12.4. The Morgan fingerprint density at radius 1 is 0.929 bits per heavy atom. The third kappa shape index (κ3) is 5.94. The van der Waals surface area contributed by atoms with E-state index >= 15 is 0 Å². The van der Waals surface area contributed by atoms with Crippen LogP contribution in [-0.4, -0.2) is 18.7 Å². The normalized spacial score (nSPS) is 12.4. The number of rotatable bonds is 6. The molecule has 0 saturated heterocycles. The van der Waals surface area contributed by atoms with Crippen LogP contribution < -0.4 is 5.56 Å². The van der Waals surface area contributed by atoms with Gasteiger partial charge in [-0.15, -0.1) is 0 Å². The molecule has 0 spiro atoms. The zero-order valence-electron chi connectivity index (χ0n) is 21.1. The molecule has 15 heteroatoms. The molecule has 0 radical (unpaired) electrons. The molecule has 0 bridgehead atoms. The van der Waals surface area contributed by atoms with Crippen molar-refractivity contribution < 1.29 is 48.0 Å². The van der Waals surface area contributed by atoms with E-state index in [1.165, 1.54) is 13.0 Å². The molecule has 6 nitrogen and oxygen atoms in total. The van der Waals surface area contributed by atoms with Crippen molar-refractivity contribution in [2.24, 2.45) is 0 Å². The fourth-order valence-electron chi connectivity index (χ4n) is 4.06. The van der Waals surface area contributed by atoms with Gasteiger partial charge in [0.05, 0.1) is 40.3 Å². The molecule has 4 aromatic rings. The summed E-state index contributed by atoms with van der Waals surface area (Å²) in [6.07, 6.45) is -9.35. The number of pyridine rings is 1. The number of aromatic nitrogens is 1. The maximum Gasteiger partial charge on any atom is 0.417 e. The van der Waals surface area contributed by atoms with Crippen molar-refractivity contribution in [1.29, 1.82) is 5.26 Å². The second-order valence-electron chi connectivity index (χ2n) is 8.90. The molecule has 0 saturated carbocycles. The predicted octanol–water partition coefficient (Wildman–Crippen LogP) is 6.80. The fraction of sp³-hybridized carbons (Fsp3) is 0.185. The summed E-state index contributed by atoms with van der Waals surface area (Å²) in [6, 6.07) is 6.70. The van der Waals surface area contributed by atoms with Crippen molar-refractivity contribution in [2.75, 3.05) is 5.75 Å². The molecule has 220 valence electrons. The van der Waals surface area contributed by atoms with E-state index in [1.807, 2.05) is 0 Å².